The van der Waals surface area contributed by atoms with Crippen LogP contribution in [0.3, 0.4) is 0 Å². The van der Waals surface area contributed by atoms with Gasteiger partial charge in [0.05, 0.1) is 4.92 Å². The van der Waals surface area contributed by atoms with Crippen LogP contribution in [0, 0.1) is 10.1 Å². The number of nitro groups is 1. The lowest BCUT2D eigenvalue weighted by Crippen LogP contribution is -1.85. The van der Waals surface area contributed by atoms with Crippen LogP contribution in [-0.4, -0.2) is 4.92 Å². The van der Waals surface area contributed by atoms with E-state index in [2.05, 4.69) is 0 Å². The zero-order valence-corrected chi connectivity index (χ0v) is 6.93. The molecule has 0 aliphatic heterocycles. The molecule has 0 saturated heterocycles. The highest BCUT2D eigenvalue weighted by Crippen LogP contribution is 2.23. The molecule has 0 aromatic heterocycles. The zero-order chi connectivity index (χ0) is 8.27. The van der Waals surface area contributed by atoms with Gasteiger partial charge in [-0.05, 0) is 33.8 Å². The lowest BCUT2D eigenvalue weighted by atomic mass is 10.3. The monoisotopic (exact) mass is 205 g/mol. The van der Waals surface area contributed by atoms with Crippen molar-refractivity contribution < 1.29 is 4.92 Å². The molecule has 0 unspecified atom stereocenters. The van der Waals surface area contributed by atoms with Gasteiger partial charge in [0, 0.05) is 17.0 Å². The molecule has 0 atom stereocenters. The second-order valence-electron chi connectivity index (χ2n) is 1.83. The average molecular weight is 206 g/mol. The van der Waals surface area contributed by atoms with Crippen LogP contribution in [0.25, 0.3) is 0 Å². The number of non-ortho nitro benzene ring substituents is 1. The van der Waals surface area contributed by atoms with Crippen molar-refractivity contribution in [3.63, 3.8) is 0 Å². The maximum Gasteiger partial charge on any atom is 0.269 e. The SMILES string of the molecule is C.O=[N+]([O-])c1ccc(SCl)cc1. The number of nitro benzene ring substituents is 1. The van der Waals surface area contributed by atoms with E-state index >= 15 is 0 Å². The fourth-order valence-electron chi connectivity index (χ4n) is 0.619. The van der Waals surface area contributed by atoms with Crippen molar-refractivity contribution in [3.05, 3.63) is 34.4 Å². The normalized spacial score (nSPS) is 8.75. The third kappa shape index (κ3) is 2.71. The largest absolute Gasteiger partial charge is 0.269 e. The molecule has 12 heavy (non-hydrogen) atoms. The number of hydrogen-bond donors (Lipinski definition) is 0. The third-order valence-corrected chi connectivity index (χ3v) is 2.12. The van der Waals surface area contributed by atoms with Gasteiger partial charge in [-0.25, -0.2) is 0 Å². The molecule has 0 fully saturated rings. The lowest BCUT2D eigenvalue weighted by Gasteiger charge is -1.91. The van der Waals surface area contributed by atoms with Crippen LogP contribution in [0.4, 0.5) is 5.69 Å². The molecule has 66 valence electrons. The number of nitrogens with zero attached hydrogens (tertiary/aromatic N) is 1. The minimum absolute atomic E-state index is 0. The number of halogens is 1. The summed E-state index contributed by atoms with van der Waals surface area (Å²) in [7, 11) is 6.44. The molecule has 0 aliphatic carbocycles. The van der Waals surface area contributed by atoms with Crippen molar-refractivity contribution in [2.24, 2.45) is 0 Å². The van der Waals surface area contributed by atoms with Gasteiger partial charge in [-0.1, -0.05) is 7.43 Å². The Morgan fingerprint density at radius 3 is 2.17 bits per heavy atom. The van der Waals surface area contributed by atoms with E-state index in [1.165, 1.54) is 12.1 Å². The van der Waals surface area contributed by atoms with E-state index in [-0.39, 0.29) is 13.1 Å². The van der Waals surface area contributed by atoms with Crippen LogP contribution in [0.15, 0.2) is 29.2 Å². The molecule has 1 aromatic rings. The van der Waals surface area contributed by atoms with Crippen molar-refractivity contribution >= 4 is 27.3 Å². The van der Waals surface area contributed by atoms with Crippen LogP contribution >= 0.6 is 21.7 Å². The second kappa shape index (κ2) is 5.00. The molecular weight excluding hydrogens is 198 g/mol. The van der Waals surface area contributed by atoms with Crippen molar-refractivity contribution in [1.82, 2.24) is 0 Å². The Bertz CT molecular complexity index is 263. The molecular formula is C7H8ClNO2S. The zero-order valence-electron chi connectivity index (χ0n) is 5.36. The van der Waals surface area contributed by atoms with Crippen molar-refractivity contribution in [1.29, 1.82) is 0 Å². The highest BCUT2D eigenvalue weighted by molar-refractivity contribution is 8.21. The van der Waals surface area contributed by atoms with Gasteiger partial charge >= 0.3 is 0 Å². The van der Waals surface area contributed by atoms with Gasteiger partial charge in [0.15, 0.2) is 0 Å². The molecule has 0 spiro atoms. The fraction of sp³-hybridized carbons (Fsp3) is 0.143. The van der Waals surface area contributed by atoms with Crippen LogP contribution in [0.2, 0.25) is 0 Å². The van der Waals surface area contributed by atoms with E-state index in [1.807, 2.05) is 0 Å². The molecule has 0 amide bonds. The number of rotatable bonds is 2. The Labute approximate surface area is 79.4 Å². The van der Waals surface area contributed by atoms with E-state index < -0.39 is 4.92 Å². The summed E-state index contributed by atoms with van der Waals surface area (Å²) < 4.78 is 0. The molecule has 0 N–H and O–H groups in total. The summed E-state index contributed by atoms with van der Waals surface area (Å²) in [6.07, 6.45) is 0. The number of benzene rings is 1. The van der Waals surface area contributed by atoms with Crippen molar-refractivity contribution in [3.8, 4) is 0 Å². The summed E-state index contributed by atoms with van der Waals surface area (Å²) in [4.78, 5) is 10.5. The summed E-state index contributed by atoms with van der Waals surface area (Å²) in [5.41, 5.74) is 0.0828. The minimum Gasteiger partial charge on any atom is -0.258 e. The van der Waals surface area contributed by atoms with Crippen LogP contribution < -0.4 is 0 Å². The average Bonchev–Trinajstić information content (AvgIpc) is 2.05. The molecule has 1 aromatic carbocycles. The molecule has 5 heteroatoms. The van der Waals surface area contributed by atoms with Gasteiger partial charge in [-0.15, -0.1) is 0 Å². The first-order valence-corrected chi connectivity index (χ1v) is 4.41. The van der Waals surface area contributed by atoms with Crippen LogP contribution in [-0.2, 0) is 0 Å². The Balaban J connectivity index is 0.00000121. The maximum absolute atomic E-state index is 10.2. The topological polar surface area (TPSA) is 43.1 Å². The highest BCUT2D eigenvalue weighted by atomic mass is 35.7. The smallest absolute Gasteiger partial charge is 0.258 e. The first-order chi connectivity index (χ1) is 5.24. The summed E-state index contributed by atoms with van der Waals surface area (Å²) in [6, 6.07) is 6.06. The molecule has 3 nitrogen and oxygen atoms in total. The first kappa shape index (κ1) is 11.3. The standard InChI is InChI=1S/C6H4ClNO2S.CH4/c7-11-6-3-1-5(2-4-6)8(9)10;/h1-4H;1H4. The quantitative estimate of drug-likeness (QED) is 0.549. The summed E-state index contributed by atoms with van der Waals surface area (Å²) in [5, 5.41) is 10.2. The van der Waals surface area contributed by atoms with E-state index in [9.17, 15) is 10.1 Å². The lowest BCUT2D eigenvalue weighted by molar-refractivity contribution is -0.384. The molecule has 0 aliphatic rings. The number of hydrogen-bond acceptors (Lipinski definition) is 3. The van der Waals surface area contributed by atoms with Gasteiger partial charge in [0.1, 0.15) is 0 Å². The van der Waals surface area contributed by atoms with Gasteiger partial charge in [-0.2, -0.15) is 0 Å². The van der Waals surface area contributed by atoms with E-state index in [0.29, 0.717) is 0 Å². The van der Waals surface area contributed by atoms with E-state index in [1.54, 1.807) is 12.1 Å². The fourth-order valence-corrected chi connectivity index (χ4v) is 1.17. The molecule has 0 bridgehead atoms. The Kier molecular flexibility index (Phi) is 4.70. The van der Waals surface area contributed by atoms with Gasteiger partial charge in [0.2, 0.25) is 0 Å². The van der Waals surface area contributed by atoms with Crippen LogP contribution in [0.5, 0.6) is 0 Å². The van der Waals surface area contributed by atoms with Crippen molar-refractivity contribution in [2.75, 3.05) is 0 Å². The van der Waals surface area contributed by atoms with Gasteiger partial charge in [0.25, 0.3) is 5.69 Å². The predicted molar refractivity (Wildman–Crippen MR) is 51.5 cm³/mol. The summed E-state index contributed by atoms with van der Waals surface area (Å²) >= 11 is 0. The van der Waals surface area contributed by atoms with E-state index in [0.717, 1.165) is 15.9 Å². The highest BCUT2D eigenvalue weighted by Gasteiger charge is 2.02. The molecule has 0 heterocycles. The van der Waals surface area contributed by atoms with Gasteiger partial charge in [-0.3, -0.25) is 10.1 Å². The van der Waals surface area contributed by atoms with E-state index in [4.69, 9.17) is 10.7 Å². The van der Waals surface area contributed by atoms with Crippen molar-refractivity contribution in [2.45, 2.75) is 12.3 Å². The Morgan fingerprint density at radius 1 is 1.33 bits per heavy atom. The minimum atomic E-state index is -0.442. The second-order valence-corrected chi connectivity index (χ2v) is 2.92. The molecule has 1 rings (SSSR count). The molecule has 0 radical (unpaired) electrons. The maximum atomic E-state index is 10.2. The first-order valence-electron chi connectivity index (χ1n) is 2.77. The van der Waals surface area contributed by atoms with Gasteiger partial charge < -0.3 is 0 Å². The Morgan fingerprint density at radius 2 is 1.83 bits per heavy atom. The molecule has 0 saturated carbocycles. The Hall–Kier alpha value is -0.740. The van der Waals surface area contributed by atoms with Crippen LogP contribution in [0.1, 0.15) is 7.43 Å². The summed E-state index contributed by atoms with van der Waals surface area (Å²) in [5.74, 6) is 0. The predicted octanol–water partition coefficient (Wildman–Crippen LogP) is 3.48. The summed E-state index contributed by atoms with van der Waals surface area (Å²) in [6.45, 7) is 0. The third-order valence-electron chi connectivity index (χ3n) is 1.14.